The molecule has 11 heteroatoms. The maximum absolute atomic E-state index is 12.6. The molecule has 0 bridgehead atoms. The fourth-order valence-electron chi connectivity index (χ4n) is 2.63. The summed E-state index contributed by atoms with van der Waals surface area (Å²) in [5.41, 5.74) is 0.872. The number of amides is 1. The Morgan fingerprint density at radius 1 is 1.16 bits per heavy atom. The summed E-state index contributed by atoms with van der Waals surface area (Å²) in [5.74, 6) is 0.775. The Morgan fingerprint density at radius 3 is 2.58 bits per heavy atom. The number of rotatable bonds is 11. The molecule has 0 fully saturated rings. The van der Waals surface area contributed by atoms with Gasteiger partial charge in [-0.15, -0.1) is 0 Å². The zero-order valence-electron chi connectivity index (χ0n) is 16.8. The SMILES string of the molecule is C[C@H](NS(=O)(=O)c1ccc(OCC(=O)NCCSc2ncn[nH]2)cc1)c1ccccc1. The van der Waals surface area contributed by atoms with Crippen LogP contribution >= 0.6 is 11.8 Å². The number of aromatic amines is 1. The van der Waals surface area contributed by atoms with E-state index < -0.39 is 10.0 Å². The van der Waals surface area contributed by atoms with Crippen molar-refractivity contribution in [3.05, 3.63) is 66.5 Å². The van der Waals surface area contributed by atoms with E-state index in [2.05, 4.69) is 25.2 Å². The number of aromatic nitrogens is 3. The van der Waals surface area contributed by atoms with Crippen molar-refractivity contribution >= 4 is 27.7 Å². The Labute approximate surface area is 185 Å². The van der Waals surface area contributed by atoms with Gasteiger partial charge in [-0.3, -0.25) is 9.89 Å². The highest BCUT2D eigenvalue weighted by Crippen LogP contribution is 2.19. The largest absolute Gasteiger partial charge is 0.484 e. The lowest BCUT2D eigenvalue weighted by Gasteiger charge is -2.15. The molecule has 0 aliphatic rings. The molecule has 31 heavy (non-hydrogen) atoms. The van der Waals surface area contributed by atoms with Gasteiger partial charge in [-0.2, -0.15) is 5.10 Å². The molecule has 0 spiro atoms. The van der Waals surface area contributed by atoms with Gasteiger partial charge in [0, 0.05) is 18.3 Å². The highest BCUT2D eigenvalue weighted by Gasteiger charge is 2.18. The zero-order valence-corrected chi connectivity index (χ0v) is 18.4. The predicted molar refractivity (Wildman–Crippen MR) is 117 cm³/mol. The van der Waals surface area contributed by atoms with E-state index in [-0.39, 0.29) is 23.5 Å². The molecule has 3 rings (SSSR count). The van der Waals surface area contributed by atoms with Crippen LogP contribution in [0.1, 0.15) is 18.5 Å². The summed E-state index contributed by atoms with van der Waals surface area (Å²) in [5, 5.41) is 9.89. The molecule has 9 nitrogen and oxygen atoms in total. The molecule has 3 N–H and O–H groups in total. The third-order valence-electron chi connectivity index (χ3n) is 4.19. The first-order chi connectivity index (χ1) is 14.9. The number of ether oxygens (including phenoxy) is 1. The van der Waals surface area contributed by atoms with Gasteiger partial charge >= 0.3 is 0 Å². The van der Waals surface area contributed by atoms with Gasteiger partial charge in [0.05, 0.1) is 4.90 Å². The van der Waals surface area contributed by atoms with Gasteiger partial charge in [-0.05, 0) is 36.8 Å². The van der Waals surface area contributed by atoms with Gasteiger partial charge in [0.2, 0.25) is 10.0 Å². The Balaban J connectivity index is 1.44. The first-order valence-electron chi connectivity index (χ1n) is 9.49. The van der Waals surface area contributed by atoms with Gasteiger partial charge in [-0.1, -0.05) is 42.1 Å². The lowest BCUT2D eigenvalue weighted by atomic mass is 10.1. The van der Waals surface area contributed by atoms with Crippen molar-refractivity contribution in [1.82, 2.24) is 25.2 Å². The predicted octanol–water partition coefficient (Wildman–Crippen LogP) is 2.13. The summed E-state index contributed by atoms with van der Waals surface area (Å²) in [6.07, 6.45) is 1.42. The average Bonchev–Trinajstić information content (AvgIpc) is 3.29. The van der Waals surface area contributed by atoms with Crippen LogP contribution in [0.5, 0.6) is 5.75 Å². The van der Waals surface area contributed by atoms with Crippen molar-refractivity contribution in [2.45, 2.75) is 23.0 Å². The van der Waals surface area contributed by atoms with Crippen LogP contribution in [0.4, 0.5) is 0 Å². The van der Waals surface area contributed by atoms with Crippen molar-refractivity contribution in [3.8, 4) is 5.75 Å². The fourth-order valence-corrected chi connectivity index (χ4v) is 4.50. The third-order valence-corrected chi connectivity index (χ3v) is 6.63. The summed E-state index contributed by atoms with van der Waals surface area (Å²) < 4.78 is 33.3. The second-order valence-corrected chi connectivity index (χ2v) is 9.30. The average molecular weight is 462 g/mol. The van der Waals surface area contributed by atoms with Gasteiger partial charge in [-0.25, -0.2) is 18.1 Å². The minimum absolute atomic E-state index is 0.122. The standard InChI is InChI=1S/C20H23N5O4S2/c1-15(16-5-3-2-4-6-16)25-31(27,28)18-9-7-17(8-10-18)29-13-19(26)21-11-12-30-20-22-14-23-24-20/h2-10,14-15,25H,11-13H2,1H3,(H,21,26)(H,22,23,24)/t15-/m0/s1. The summed E-state index contributed by atoms with van der Waals surface area (Å²) in [6.45, 7) is 2.07. The van der Waals surface area contributed by atoms with E-state index in [0.29, 0.717) is 23.2 Å². The molecule has 164 valence electrons. The molecule has 0 saturated heterocycles. The van der Waals surface area contributed by atoms with Crippen molar-refractivity contribution in [2.24, 2.45) is 0 Å². The van der Waals surface area contributed by atoms with E-state index >= 15 is 0 Å². The minimum Gasteiger partial charge on any atom is -0.484 e. The smallest absolute Gasteiger partial charge is 0.257 e. The Hall–Kier alpha value is -2.89. The van der Waals surface area contributed by atoms with Crippen LogP contribution in [0, 0.1) is 0 Å². The van der Waals surface area contributed by atoms with E-state index in [4.69, 9.17) is 4.74 Å². The first-order valence-corrected chi connectivity index (χ1v) is 12.0. The number of sulfonamides is 1. The van der Waals surface area contributed by atoms with Gasteiger partial charge in [0.15, 0.2) is 11.8 Å². The highest BCUT2D eigenvalue weighted by atomic mass is 32.2. The van der Waals surface area contributed by atoms with Crippen LogP contribution in [0.15, 0.2) is 71.0 Å². The van der Waals surface area contributed by atoms with Crippen LogP contribution in [0.25, 0.3) is 0 Å². The molecule has 0 aliphatic carbocycles. The molecule has 1 amide bonds. The number of hydrogen-bond donors (Lipinski definition) is 3. The molecular formula is C20H23N5O4S2. The molecule has 0 aliphatic heterocycles. The molecule has 0 saturated carbocycles. The van der Waals surface area contributed by atoms with E-state index in [0.717, 1.165) is 5.56 Å². The van der Waals surface area contributed by atoms with Gasteiger partial charge < -0.3 is 10.1 Å². The summed E-state index contributed by atoms with van der Waals surface area (Å²) >= 11 is 1.44. The van der Waals surface area contributed by atoms with Crippen molar-refractivity contribution in [3.63, 3.8) is 0 Å². The molecule has 1 atom stereocenters. The zero-order chi connectivity index (χ0) is 22.1. The Bertz CT molecular complexity index is 1060. The minimum atomic E-state index is -3.69. The summed E-state index contributed by atoms with van der Waals surface area (Å²) in [4.78, 5) is 16.0. The molecular weight excluding hydrogens is 438 g/mol. The number of nitrogens with zero attached hydrogens (tertiary/aromatic N) is 2. The normalized spacial score (nSPS) is 12.3. The van der Waals surface area contributed by atoms with E-state index in [1.165, 1.54) is 42.4 Å². The monoisotopic (exact) mass is 461 g/mol. The van der Waals surface area contributed by atoms with E-state index in [1.54, 1.807) is 6.92 Å². The molecule has 0 radical (unpaired) electrons. The first kappa shape index (κ1) is 22.8. The molecule has 0 unspecified atom stereocenters. The lowest BCUT2D eigenvalue weighted by molar-refractivity contribution is -0.122. The Morgan fingerprint density at radius 2 is 1.90 bits per heavy atom. The van der Waals surface area contributed by atoms with Crippen LogP contribution in [-0.4, -0.2) is 48.4 Å². The number of benzene rings is 2. The van der Waals surface area contributed by atoms with E-state index in [9.17, 15) is 13.2 Å². The molecule has 2 aromatic carbocycles. The number of hydrogen-bond acceptors (Lipinski definition) is 7. The quantitative estimate of drug-likeness (QED) is 0.295. The van der Waals surface area contributed by atoms with Crippen molar-refractivity contribution in [1.29, 1.82) is 0 Å². The number of H-pyrrole nitrogens is 1. The number of carbonyl (C=O) groups excluding carboxylic acids is 1. The maximum Gasteiger partial charge on any atom is 0.257 e. The molecule has 1 heterocycles. The Kier molecular flexibility index (Phi) is 8.04. The lowest BCUT2D eigenvalue weighted by Crippen LogP contribution is -2.30. The molecule has 1 aromatic heterocycles. The topological polar surface area (TPSA) is 126 Å². The summed E-state index contributed by atoms with van der Waals surface area (Å²) in [7, 11) is -3.69. The number of carbonyl (C=O) groups is 1. The van der Waals surface area contributed by atoms with Crippen LogP contribution in [0.2, 0.25) is 0 Å². The third kappa shape index (κ3) is 7.09. The van der Waals surface area contributed by atoms with Crippen molar-refractivity contribution in [2.75, 3.05) is 18.9 Å². The van der Waals surface area contributed by atoms with E-state index in [1.807, 2.05) is 30.3 Å². The van der Waals surface area contributed by atoms with Crippen LogP contribution < -0.4 is 14.8 Å². The molecule has 3 aromatic rings. The van der Waals surface area contributed by atoms with Crippen LogP contribution in [0.3, 0.4) is 0 Å². The van der Waals surface area contributed by atoms with Crippen molar-refractivity contribution < 1.29 is 17.9 Å². The highest BCUT2D eigenvalue weighted by molar-refractivity contribution is 7.99. The number of nitrogens with one attached hydrogen (secondary N) is 3. The fraction of sp³-hybridized carbons (Fsp3) is 0.250. The second-order valence-electron chi connectivity index (χ2n) is 6.50. The summed E-state index contributed by atoms with van der Waals surface area (Å²) in [6, 6.07) is 14.9. The van der Waals surface area contributed by atoms with Gasteiger partial charge in [0.25, 0.3) is 5.91 Å². The maximum atomic E-state index is 12.6. The van der Waals surface area contributed by atoms with Crippen LogP contribution in [-0.2, 0) is 14.8 Å². The second kappa shape index (κ2) is 10.9. The number of thioether (sulfide) groups is 1. The van der Waals surface area contributed by atoms with Gasteiger partial charge in [0.1, 0.15) is 12.1 Å².